The van der Waals surface area contributed by atoms with Gasteiger partial charge in [-0.3, -0.25) is 24.0 Å². The third-order valence-corrected chi connectivity index (χ3v) is 6.74. The van der Waals surface area contributed by atoms with Gasteiger partial charge in [-0.05, 0) is 30.7 Å². The number of ketones is 1. The van der Waals surface area contributed by atoms with Gasteiger partial charge in [-0.25, -0.2) is 24.5 Å². The van der Waals surface area contributed by atoms with Crippen molar-refractivity contribution in [2.75, 3.05) is 10.6 Å². The second-order valence-electron chi connectivity index (χ2n) is 10.4. The van der Waals surface area contributed by atoms with Gasteiger partial charge in [0.2, 0.25) is 5.91 Å². The van der Waals surface area contributed by atoms with Crippen molar-refractivity contribution in [1.82, 2.24) is 20.6 Å². The number of guanidine groups is 1. The number of fused-ring (bicyclic) bond motifs is 1. The average molecular weight is 657 g/mol. The van der Waals surface area contributed by atoms with Crippen molar-refractivity contribution in [1.29, 1.82) is 0 Å². The molecule has 1 aromatic heterocycles. The van der Waals surface area contributed by atoms with Crippen LogP contribution in [0.2, 0.25) is 0 Å². The number of anilines is 2. The maximum atomic E-state index is 12.7. The Kier molecular flexibility index (Phi) is 12.2. The maximum Gasteiger partial charge on any atom is 0.326 e. The van der Waals surface area contributed by atoms with Crippen LogP contribution in [0.5, 0.6) is 0 Å². The molecule has 1 aliphatic heterocycles. The summed E-state index contributed by atoms with van der Waals surface area (Å²) in [6, 6.07) is 2.70. The first kappa shape index (κ1) is 35.3. The number of aliphatic imine (C=N–C) groups is 1. The molecule has 19 nitrogen and oxygen atoms in total. The number of aliphatic carboxylic acids is 4. The first-order chi connectivity index (χ1) is 22.2. The molecule has 2 heterocycles. The minimum absolute atomic E-state index is 0.121. The van der Waals surface area contributed by atoms with Crippen molar-refractivity contribution < 1.29 is 54.0 Å². The fraction of sp³-hybridized carbons (Fsp3) is 0.357. The number of amides is 2. The van der Waals surface area contributed by atoms with Crippen LogP contribution >= 0.6 is 0 Å². The Hall–Kier alpha value is -6.14. The molecule has 0 aliphatic carbocycles. The molecule has 0 unspecified atom stereocenters. The third kappa shape index (κ3) is 11.1. The summed E-state index contributed by atoms with van der Waals surface area (Å²) in [5.41, 5.74) is 7.63. The fourth-order valence-electron chi connectivity index (χ4n) is 4.34. The van der Waals surface area contributed by atoms with E-state index in [0.717, 1.165) is 0 Å². The summed E-state index contributed by atoms with van der Waals surface area (Å²) in [6.07, 6.45) is -1.85. The highest BCUT2D eigenvalue weighted by atomic mass is 16.4. The minimum atomic E-state index is -1.86. The summed E-state index contributed by atoms with van der Waals surface area (Å²) in [7, 11) is 0. The number of carbonyl (C=O) groups excluding carboxylic acids is 3. The third-order valence-electron chi connectivity index (χ3n) is 6.74. The van der Waals surface area contributed by atoms with Crippen LogP contribution in [0.4, 0.5) is 11.5 Å². The van der Waals surface area contributed by atoms with Crippen molar-refractivity contribution in [3.8, 4) is 0 Å². The van der Waals surface area contributed by atoms with Crippen LogP contribution < -0.4 is 27.0 Å². The summed E-state index contributed by atoms with van der Waals surface area (Å²) in [5, 5.41) is 46.8. The van der Waals surface area contributed by atoms with Crippen molar-refractivity contribution in [2.24, 2.45) is 16.6 Å². The quantitative estimate of drug-likeness (QED) is 0.0965. The zero-order chi connectivity index (χ0) is 34.7. The largest absolute Gasteiger partial charge is 0.481 e. The molecule has 1 aliphatic rings. The number of hydrogen-bond donors (Lipinski definition) is 9. The molecule has 0 fully saturated rings. The summed E-state index contributed by atoms with van der Waals surface area (Å²) in [5.74, 6) is -9.55. The number of rotatable bonds is 18. The molecule has 0 saturated heterocycles. The molecule has 0 spiro atoms. The number of Topliss-reactive ketones (excluding diaryl/α,β-unsaturated/α-hetero) is 1. The van der Waals surface area contributed by atoms with Crippen LogP contribution in [0.25, 0.3) is 0 Å². The summed E-state index contributed by atoms with van der Waals surface area (Å²) >= 11 is 0. The lowest BCUT2D eigenvalue weighted by Gasteiger charge is -2.19. The number of aromatic nitrogens is 2. The highest BCUT2D eigenvalue weighted by Crippen LogP contribution is 2.17. The molecule has 1 aromatic carbocycles. The van der Waals surface area contributed by atoms with Gasteiger partial charge in [0.1, 0.15) is 23.6 Å². The molecule has 2 amide bonds. The van der Waals surface area contributed by atoms with Crippen molar-refractivity contribution in [3.05, 3.63) is 47.4 Å². The summed E-state index contributed by atoms with van der Waals surface area (Å²) in [4.78, 5) is 95.8. The van der Waals surface area contributed by atoms with E-state index >= 15 is 0 Å². The number of benzene rings is 1. The predicted octanol–water partition coefficient (Wildman–Crippen LogP) is -0.614. The fourth-order valence-corrected chi connectivity index (χ4v) is 4.34. The monoisotopic (exact) mass is 656 g/mol. The Bertz CT molecular complexity index is 1580. The molecule has 0 bridgehead atoms. The van der Waals surface area contributed by atoms with Crippen molar-refractivity contribution in [2.45, 2.75) is 57.3 Å². The second kappa shape index (κ2) is 16.3. The number of carboxylic acid groups (broad SMARTS) is 4. The van der Waals surface area contributed by atoms with Gasteiger partial charge in [0, 0.05) is 24.1 Å². The van der Waals surface area contributed by atoms with Gasteiger partial charge >= 0.3 is 23.9 Å². The Morgan fingerprint density at radius 2 is 1.53 bits per heavy atom. The van der Waals surface area contributed by atoms with E-state index in [0.29, 0.717) is 29.4 Å². The topological polar surface area (TPSA) is 313 Å². The van der Waals surface area contributed by atoms with E-state index < -0.39 is 91.6 Å². The van der Waals surface area contributed by atoms with Gasteiger partial charge in [-0.2, -0.15) is 0 Å². The van der Waals surface area contributed by atoms with Crippen LogP contribution in [0.15, 0.2) is 35.5 Å². The molecular formula is C28H32N8O11. The van der Waals surface area contributed by atoms with Gasteiger partial charge in [-0.1, -0.05) is 0 Å². The van der Waals surface area contributed by atoms with Crippen LogP contribution in [0, 0.1) is 5.92 Å². The van der Waals surface area contributed by atoms with Crippen LogP contribution in [0.3, 0.4) is 0 Å². The molecule has 3 atom stereocenters. The SMILES string of the molecule is NC1=NCc2nc(CNc3ccc(C(=O)N[C@H](CCC(=O)C[C@H](CC(=O)O)C(=O)N[C@H](CC(=O)O)C(=O)O)C(=O)O)cc3)cnc2N1. The van der Waals surface area contributed by atoms with E-state index in [-0.39, 0.29) is 18.1 Å². The Morgan fingerprint density at radius 1 is 0.872 bits per heavy atom. The standard InChI is InChI=1S/C28H32N8O11/c29-28-32-12-20-23(36-28)31-11-16(33-20)10-30-15-3-1-13(2-4-15)24(42)34-18(26(44)45)6-5-17(37)7-14(8-21(38)39)25(43)35-19(27(46)47)9-22(40)41/h1-4,11,14,18-19,30H,5-10,12H2,(H,34,42)(H,35,43)(H,38,39)(H,40,41)(H,44,45)(H,46,47)(H3,29,31,32,36)/t14-,18-,19-/m1/s1. The Morgan fingerprint density at radius 3 is 2.15 bits per heavy atom. The summed E-state index contributed by atoms with van der Waals surface area (Å²) in [6.45, 7) is 0.593. The molecule has 0 saturated carbocycles. The Labute approximate surface area is 265 Å². The lowest BCUT2D eigenvalue weighted by molar-refractivity contribution is -0.148. The number of carboxylic acids is 4. The zero-order valence-electron chi connectivity index (χ0n) is 24.6. The van der Waals surface area contributed by atoms with E-state index in [4.69, 9.17) is 21.1 Å². The second-order valence-corrected chi connectivity index (χ2v) is 10.4. The normalized spacial score (nSPS) is 13.7. The molecule has 19 heteroatoms. The highest BCUT2D eigenvalue weighted by Gasteiger charge is 2.30. The number of nitrogens with zero attached hydrogens (tertiary/aromatic N) is 3. The van der Waals surface area contributed by atoms with E-state index in [9.17, 15) is 38.7 Å². The van der Waals surface area contributed by atoms with Crippen LogP contribution in [-0.4, -0.2) is 89.9 Å². The molecular weight excluding hydrogens is 624 g/mol. The van der Waals surface area contributed by atoms with Crippen molar-refractivity contribution >= 4 is 58.9 Å². The van der Waals surface area contributed by atoms with Crippen LogP contribution in [0.1, 0.15) is 53.8 Å². The van der Waals surface area contributed by atoms with Gasteiger partial charge in [0.05, 0.1) is 43.7 Å². The molecule has 47 heavy (non-hydrogen) atoms. The lowest BCUT2D eigenvalue weighted by atomic mass is 9.94. The predicted molar refractivity (Wildman–Crippen MR) is 160 cm³/mol. The molecule has 10 N–H and O–H groups in total. The first-order valence-electron chi connectivity index (χ1n) is 14.0. The van der Waals surface area contributed by atoms with E-state index in [2.05, 4.69) is 30.9 Å². The average Bonchev–Trinajstić information content (AvgIpc) is 3.00. The van der Waals surface area contributed by atoms with Gasteiger partial charge in [0.25, 0.3) is 5.91 Å². The molecule has 250 valence electrons. The minimum Gasteiger partial charge on any atom is -0.481 e. The molecule has 0 radical (unpaired) electrons. The van der Waals surface area contributed by atoms with E-state index in [1.165, 1.54) is 12.1 Å². The van der Waals surface area contributed by atoms with Gasteiger partial charge in [-0.15, -0.1) is 0 Å². The zero-order valence-corrected chi connectivity index (χ0v) is 24.6. The molecule has 3 rings (SSSR count). The summed E-state index contributed by atoms with van der Waals surface area (Å²) < 4.78 is 0. The van der Waals surface area contributed by atoms with Gasteiger partial charge in [0.15, 0.2) is 11.8 Å². The lowest BCUT2D eigenvalue weighted by Crippen LogP contribution is -2.45. The van der Waals surface area contributed by atoms with Crippen molar-refractivity contribution in [3.63, 3.8) is 0 Å². The number of nitrogens with one attached hydrogen (secondary N) is 4. The molecule has 2 aromatic rings. The smallest absolute Gasteiger partial charge is 0.326 e. The van der Waals surface area contributed by atoms with Crippen LogP contribution in [-0.2, 0) is 41.9 Å². The number of hydrogen-bond acceptors (Lipinski definition) is 13. The maximum absolute atomic E-state index is 12.7. The number of carbonyl (C=O) groups is 7. The van der Waals surface area contributed by atoms with E-state index in [1.807, 2.05) is 5.32 Å². The highest BCUT2D eigenvalue weighted by molar-refractivity contribution is 5.97. The van der Waals surface area contributed by atoms with Gasteiger partial charge < -0.3 is 47.4 Å². The Balaban J connectivity index is 1.53. The van der Waals surface area contributed by atoms with E-state index in [1.54, 1.807) is 18.3 Å². The number of nitrogens with two attached hydrogens (primary N) is 1. The first-order valence-corrected chi connectivity index (χ1v) is 14.0.